The van der Waals surface area contributed by atoms with Gasteiger partial charge < -0.3 is 9.42 Å². The number of likely N-dealkylation sites (tertiary alicyclic amines) is 1. The zero-order valence-corrected chi connectivity index (χ0v) is 15.0. The molecule has 1 atom stereocenters. The molecule has 0 aromatic carbocycles. The van der Waals surface area contributed by atoms with Crippen LogP contribution in [0.15, 0.2) is 16.9 Å². The molecule has 0 aliphatic carbocycles. The molecule has 0 saturated carbocycles. The van der Waals surface area contributed by atoms with Crippen LogP contribution in [0.1, 0.15) is 43.4 Å². The van der Waals surface area contributed by atoms with Gasteiger partial charge in [0.05, 0.1) is 17.9 Å². The first-order valence-electron chi connectivity index (χ1n) is 8.63. The summed E-state index contributed by atoms with van der Waals surface area (Å²) in [5, 5.41) is 3.96. The predicted molar refractivity (Wildman–Crippen MR) is 90.4 cm³/mol. The van der Waals surface area contributed by atoms with Gasteiger partial charge in [0, 0.05) is 51.4 Å². The van der Waals surface area contributed by atoms with Crippen LogP contribution in [0.25, 0.3) is 0 Å². The minimum absolute atomic E-state index is 0.0322. The van der Waals surface area contributed by atoms with E-state index in [9.17, 15) is 4.79 Å². The second kappa shape index (κ2) is 7.69. The molecule has 3 rings (SSSR count). The van der Waals surface area contributed by atoms with Crippen LogP contribution < -0.4 is 0 Å². The molecule has 1 fully saturated rings. The van der Waals surface area contributed by atoms with Gasteiger partial charge in [-0.15, -0.1) is 0 Å². The third-order valence-corrected chi connectivity index (χ3v) is 4.44. The molecule has 134 valence electrons. The van der Waals surface area contributed by atoms with Gasteiger partial charge in [-0.2, -0.15) is 4.98 Å². The van der Waals surface area contributed by atoms with Crippen LogP contribution in [-0.4, -0.2) is 54.9 Å². The number of nitrogens with zero attached hydrogens (tertiary/aromatic N) is 6. The largest absolute Gasteiger partial charge is 0.339 e. The number of aromatic nitrogens is 4. The highest BCUT2D eigenvalue weighted by atomic mass is 16.5. The van der Waals surface area contributed by atoms with Crippen LogP contribution in [-0.2, 0) is 24.3 Å². The number of aryl methyl sites for hydroxylation is 2. The van der Waals surface area contributed by atoms with E-state index in [1.54, 1.807) is 13.1 Å². The topological polar surface area (TPSA) is 88.3 Å². The van der Waals surface area contributed by atoms with Crippen molar-refractivity contribution in [1.82, 2.24) is 29.9 Å². The molecular formula is C17H24N6O2. The Morgan fingerprint density at radius 2 is 2.24 bits per heavy atom. The van der Waals surface area contributed by atoms with Gasteiger partial charge in [0.15, 0.2) is 5.82 Å². The summed E-state index contributed by atoms with van der Waals surface area (Å²) in [4.78, 5) is 29.3. The van der Waals surface area contributed by atoms with Crippen LogP contribution in [0.2, 0.25) is 0 Å². The molecule has 0 bridgehead atoms. The van der Waals surface area contributed by atoms with E-state index < -0.39 is 0 Å². The molecular weight excluding hydrogens is 320 g/mol. The molecule has 0 spiro atoms. The van der Waals surface area contributed by atoms with E-state index in [0.717, 1.165) is 37.4 Å². The Labute approximate surface area is 147 Å². The highest BCUT2D eigenvalue weighted by Gasteiger charge is 2.30. The smallest absolute Gasteiger partial charge is 0.226 e. The van der Waals surface area contributed by atoms with Crippen molar-refractivity contribution in [2.45, 2.75) is 52.7 Å². The fourth-order valence-corrected chi connectivity index (χ4v) is 3.09. The normalized spacial score (nSPS) is 17.8. The van der Waals surface area contributed by atoms with E-state index in [1.165, 1.54) is 0 Å². The van der Waals surface area contributed by atoms with Gasteiger partial charge >= 0.3 is 0 Å². The van der Waals surface area contributed by atoms with Crippen LogP contribution in [0, 0.1) is 6.92 Å². The summed E-state index contributed by atoms with van der Waals surface area (Å²) in [5.41, 5.74) is 1.86. The summed E-state index contributed by atoms with van der Waals surface area (Å²) >= 11 is 0. The zero-order chi connectivity index (χ0) is 17.8. The first kappa shape index (κ1) is 17.5. The van der Waals surface area contributed by atoms with E-state index in [0.29, 0.717) is 24.7 Å². The highest BCUT2D eigenvalue weighted by Crippen LogP contribution is 2.19. The van der Waals surface area contributed by atoms with Crippen molar-refractivity contribution in [2.75, 3.05) is 13.1 Å². The summed E-state index contributed by atoms with van der Waals surface area (Å²) in [7, 11) is 0. The van der Waals surface area contributed by atoms with Crippen molar-refractivity contribution in [2.24, 2.45) is 0 Å². The minimum Gasteiger partial charge on any atom is -0.339 e. The number of hydrogen-bond acceptors (Lipinski definition) is 7. The molecule has 1 aliphatic rings. The first-order valence-corrected chi connectivity index (χ1v) is 8.63. The van der Waals surface area contributed by atoms with Gasteiger partial charge in [0.1, 0.15) is 0 Å². The Balaban J connectivity index is 1.61. The average Bonchev–Trinajstić information content (AvgIpc) is 3.23. The van der Waals surface area contributed by atoms with E-state index in [-0.39, 0.29) is 11.9 Å². The maximum Gasteiger partial charge on any atom is 0.226 e. The van der Waals surface area contributed by atoms with Crippen molar-refractivity contribution in [3.05, 3.63) is 35.5 Å². The maximum absolute atomic E-state index is 12.1. The summed E-state index contributed by atoms with van der Waals surface area (Å²) in [6.45, 7) is 8.36. The lowest BCUT2D eigenvalue weighted by molar-refractivity contribution is -0.131. The Morgan fingerprint density at radius 3 is 2.88 bits per heavy atom. The monoisotopic (exact) mass is 344 g/mol. The van der Waals surface area contributed by atoms with Crippen LogP contribution in [0.4, 0.5) is 0 Å². The van der Waals surface area contributed by atoms with Gasteiger partial charge in [-0.25, -0.2) is 0 Å². The Morgan fingerprint density at radius 1 is 1.40 bits per heavy atom. The lowest BCUT2D eigenvalue weighted by atomic mass is 10.2. The molecule has 25 heavy (non-hydrogen) atoms. The number of carbonyl (C=O) groups excluding carboxylic acids is 1. The second-order valence-corrected chi connectivity index (χ2v) is 6.43. The third-order valence-electron chi connectivity index (χ3n) is 4.44. The van der Waals surface area contributed by atoms with Gasteiger partial charge in [-0.1, -0.05) is 12.1 Å². The highest BCUT2D eigenvalue weighted by molar-refractivity contribution is 5.73. The van der Waals surface area contributed by atoms with Crippen molar-refractivity contribution in [3.63, 3.8) is 0 Å². The lowest BCUT2D eigenvalue weighted by Crippen LogP contribution is -2.40. The summed E-state index contributed by atoms with van der Waals surface area (Å²) < 4.78 is 5.14. The van der Waals surface area contributed by atoms with Crippen molar-refractivity contribution in [1.29, 1.82) is 0 Å². The molecule has 8 heteroatoms. The number of rotatable bonds is 6. The van der Waals surface area contributed by atoms with Gasteiger partial charge in [0.2, 0.25) is 11.8 Å². The molecule has 2 aromatic rings. The van der Waals surface area contributed by atoms with Crippen molar-refractivity contribution in [3.8, 4) is 0 Å². The molecule has 0 unspecified atom stereocenters. The van der Waals surface area contributed by atoms with E-state index in [4.69, 9.17) is 4.52 Å². The van der Waals surface area contributed by atoms with Crippen LogP contribution >= 0.6 is 0 Å². The predicted octanol–water partition coefficient (Wildman–Crippen LogP) is 1.35. The van der Waals surface area contributed by atoms with Gasteiger partial charge in [-0.3, -0.25) is 19.7 Å². The fraction of sp³-hybridized carbons (Fsp3) is 0.588. The molecule has 1 saturated heterocycles. The third kappa shape index (κ3) is 4.39. The lowest BCUT2D eigenvalue weighted by Gasteiger charge is -2.27. The molecule has 0 N–H and O–H groups in total. The summed E-state index contributed by atoms with van der Waals surface area (Å²) in [6.07, 6.45) is 5.22. The van der Waals surface area contributed by atoms with Crippen molar-refractivity contribution < 1.29 is 9.32 Å². The summed E-state index contributed by atoms with van der Waals surface area (Å²) in [5.74, 6) is 1.20. The average molecular weight is 344 g/mol. The van der Waals surface area contributed by atoms with E-state index in [1.807, 2.05) is 24.9 Å². The quantitative estimate of drug-likeness (QED) is 0.781. The Bertz CT molecular complexity index is 714. The second-order valence-electron chi connectivity index (χ2n) is 6.43. The van der Waals surface area contributed by atoms with Gasteiger partial charge in [0.25, 0.3) is 0 Å². The number of amides is 1. The Hall–Kier alpha value is -2.35. The molecule has 8 nitrogen and oxygen atoms in total. The van der Waals surface area contributed by atoms with Crippen LogP contribution in [0.3, 0.4) is 0 Å². The van der Waals surface area contributed by atoms with E-state index in [2.05, 4.69) is 25.0 Å². The maximum atomic E-state index is 12.1. The summed E-state index contributed by atoms with van der Waals surface area (Å²) in [6, 6.07) is 0.152. The van der Waals surface area contributed by atoms with E-state index >= 15 is 0 Å². The molecule has 0 radical (unpaired) electrons. The number of carbonyl (C=O) groups is 1. The molecule has 3 heterocycles. The fourth-order valence-electron chi connectivity index (χ4n) is 3.09. The number of hydrogen-bond donors (Lipinski definition) is 0. The Kier molecular flexibility index (Phi) is 5.37. The van der Waals surface area contributed by atoms with Crippen molar-refractivity contribution >= 4 is 5.91 Å². The standard InChI is InChI=1S/C17H24N6O2/c1-4-17-20-16(21-25-17)11-23(13(3)24)15-5-6-22(10-15)9-14-8-18-12(2)7-19-14/h7-8,15H,4-6,9-11H2,1-3H3/t15-/m1/s1. The minimum atomic E-state index is 0.0322. The first-order chi connectivity index (χ1) is 12.0. The SMILES string of the molecule is CCc1nc(CN(C(C)=O)[C@@H]2CCN(Cc3cnc(C)cn3)C2)no1. The van der Waals surface area contributed by atoms with Gasteiger partial charge in [-0.05, 0) is 13.3 Å². The molecule has 2 aromatic heterocycles. The molecule has 1 amide bonds. The zero-order valence-electron chi connectivity index (χ0n) is 15.0. The van der Waals surface area contributed by atoms with Crippen LogP contribution in [0.5, 0.6) is 0 Å². The molecule has 1 aliphatic heterocycles.